The molecule has 1 unspecified atom stereocenters. The first-order chi connectivity index (χ1) is 41.6. The molecule has 90 heavy (non-hydrogen) atoms. The van der Waals surface area contributed by atoms with E-state index in [1.54, 1.807) is 7.11 Å². The molecule has 1 saturated heterocycles. The molecule has 5 rings (SSSR count). The van der Waals surface area contributed by atoms with Crippen molar-refractivity contribution in [3.05, 3.63) is 162 Å². The van der Waals surface area contributed by atoms with E-state index in [0.717, 1.165) is 53.7 Å². The molecule has 8 nitrogen and oxygen atoms in total. The monoisotopic (exact) mass is 1300 g/mol. The van der Waals surface area contributed by atoms with Crippen LogP contribution < -0.4 is 4.74 Å². The van der Waals surface area contributed by atoms with Gasteiger partial charge in [-0.05, 0) is 144 Å². The Balaban J connectivity index is 1.46. The lowest BCUT2D eigenvalue weighted by Crippen LogP contribution is -2.50. The van der Waals surface area contributed by atoms with E-state index in [0.29, 0.717) is 25.0 Å². The molecule has 0 N–H and O–H groups in total. The molecule has 0 bridgehead atoms. The minimum absolute atomic E-state index is 0.00698. The number of hydrogen-bond acceptors (Lipinski definition) is 8. The van der Waals surface area contributed by atoms with Crippen LogP contribution in [0.2, 0.25) is 72.5 Å². The van der Waals surface area contributed by atoms with Gasteiger partial charge in [-0.25, -0.2) is 0 Å². The highest BCUT2D eigenvalue weighted by atomic mass is 28.4. The van der Waals surface area contributed by atoms with Crippen molar-refractivity contribution in [1.82, 2.24) is 0 Å². The standard InChI is InChI=1S/C78H128O8Si4/c1-57(45-52-69(84-88(22,23)75(10,11)12)62(6)72-61(5)56-80-73(82-72)63-47-50-67(79-19)51-48-63)54-60(4)71(86-90(26,27)77(16,17)18)59(3)46-49-68(83-87(20,21)74(7,8)9)55-70(85-89(24,25)76(13,14)15)58(2)38-37-53-81-78(64-39-31-28-32-40-64,65-41-33-29-34-42-65)66-43-35-30-36-44-66/h28-44,46-51,57-62,68-73H,45,52-56H2,1-27H3/b38-37+,49-46-/t57-,58-,59-,60+,61-,62-,68+,69-,70-,71-,72-,73?/m0/s1. The summed E-state index contributed by atoms with van der Waals surface area (Å²) < 4.78 is 56.5. The maximum absolute atomic E-state index is 7.68. The highest BCUT2D eigenvalue weighted by molar-refractivity contribution is 6.75. The fourth-order valence-electron chi connectivity index (χ4n) is 11.6. The number of hydrogen-bond donors (Lipinski definition) is 0. The van der Waals surface area contributed by atoms with Gasteiger partial charge >= 0.3 is 0 Å². The Morgan fingerprint density at radius 3 is 1.41 bits per heavy atom. The highest BCUT2D eigenvalue weighted by Gasteiger charge is 2.47. The van der Waals surface area contributed by atoms with E-state index in [-0.39, 0.29) is 74.3 Å². The molecule has 4 aromatic carbocycles. The summed E-state index contributed by atoms with van der Waals surface area (Å²) in [6.07, 6.45) is 12.6. The second kappa shape index (κ2) is 32.0. The summed E-state index contributed by atoms with van der Waals surface area (Å²) in [7, 11) is -7.27. The van der Waals surface area contributed by atoms with E-state index in [4.69, 9.17) is 36.7 Å². The molecule has 4 aromatic rings. The van der Waals surface area contributed by atoms with Crippen LogP contribution in [0.3, 0.4) is 0 Å². The fourth-order valence-corrected chi connectivity index (χ4v) is 17.3. The van der Waals surface area contributed by atoms with Gasteiger partial charge in [-0.1, -0.05) is 252 Å². The van der Waals surface area contributed by atoms with Gasteiger partial charge in [0.05, 0.1) is 50.8 Å². The minimum atomic E-state index is -2.29. The molecule has 0 aromatic heterocycles. The third kappa shape index (κ3) is 20.6. The molecular formula is C78H128O8Si4. The van der Waals surface area contributed by atoms with Crippen LogP contribution in [0.15, 0.2) is 140 Å². The molecule has 12 heteroatoms. The lowest BCUT2D eigenvalue weighted by Gasteiger charge is -2.45. The van der Waals surface area contributed by atoms with Crippen molar-refractivity contribution in [3.63, 3.8) is 0 Å². The smallest absolute Gasteiger partial charge is 0.192 e. The predicted octanol–water partition coefficient (Wildman–Crippen LogP) is 22.2. The molecule has 12 atom stereocenters. The Morgan fingerprint density at radius 2 is 0.956 bits per heavy atom. The number of rotatable bonds is 31. The van der Waals surface area contributed by atoms with Crippen molar-refractivity contribution >= 4 is 33.3 Å². The van der Waals surface area contributed by atoms with Crippen LogP contribution in [0.5, 0.6) is 5.75 Å². The van der Waals surface area contributed by atoms with Gasteiger partial charge in [0.25, 0.3) is 0 Å². The minimum Gasteiger partial charge on any atom is -0.497 e. The van der Waals surface area contributed by atoms with Crippen LogP contribution in [0.1, 0.15) is 179 Å². The van der Waals surface area contributed by atoms with Crippen molar-refractivity contribution in [2.45, 2.75) is 265 Å². The van der Waals surface area contributed by atoms with E-state index in [1.165, 1.54) is 0 Å². The lowest BCUT2D eigenvalue weighted by molar-refractivity contribution is -0.255. The summed E-state index contributed by atoms with van der Waals surface area (Å²) in [6, 6.07) is 40.1. The zero-order valence-electron chi connectivity index (χ0n) is 61.7. The fraction of sp³-hybridized carbons (Fsp3) is 0.641. The van der Waals surface area contributed by atoms with Gasteiger partial charge in [0.15, 0.2) is 39.6 Å². The van der Waals surface area contributed by atoms with Crippen LogP contribution in [0, 0.1) is 35.5 Å². The van der Waals surface area contributed by atoms with Crippen molar-refractivity contribution in [3.8, 4) is 5.75 Å². The lowest BCUT2D eigenvalue weighted by atomic mass is 9.80. The van der Waals surface area contributed by atoms with Crippen LogP contribution in [0.25, 0.3) is 0 Å². The molecule has 1 aliphatic rings. The van der Waals surface area contributed by atoms with Crippen LogP contribution >= 0.6 is 0 Å². The van der Waals surface area contributed by atoms with E-state index in [2.05, 4.69) is 304 Å². The number of methoxy groups -OCH3 is 1. The zero-order valence-corrected chi connectivity index (χ0v) is 65.7. The van der Waals surface area contributed by atoms with Crippen LogP contribution in [0.4, 0.5) is 0 Å². The molecule has 1 fully saturated rings. The third-order valence-corrected chi connectivity index (χ3v) is 39.7. The van der Waals surface area contributed by atoms with Crippen molar-refractivity contribution in [2.75, 3.05) is 20.3 Å². The Bertz CT molecular complexity index is 2690. The van der Waals surface area contributed by atoms with Gasteiger partial charge in [-0.3, -0.25) is 0 Å². The van der Waals surface area contributed by atoms with Gasteiger partial charge in [-0.15, -0.1) is 0 Å². The summed E-state index contributed by atoms with van der Waals surface area (Å²) in [5.74, 6) is 2.13. The average Bonchev–Trinajstić information content (AvgIpc) is 0.819. The third-order valence-electron chi connectivity index (χ3n) is 21.7. The van der Waals surface area contributed by atoms with Crippen molar-refractivity contribution in [2.24, 2.45) is 35.5 Å². The SMILES string of the molecule is COc1ccc(C2OC[C@H](C)[C@@H]([C@@H](C)[C@H](CC[C@H](C)C[C@@H](C)[C@@H](O[Si](C)(C)C(C)(C)C)[C@@H](C)/C=C\[C@H](C[C@H](O[Si](C)(C)C(C)(C)C)[C@@H](C)/C=C/COC(c3ccccc3)(c3ccccc3)c3ccccc3)O[Si](C)(C)C(C)(C)C)O[Si](C)(C)C(C)(C)C)O2)cc1. The van der Waals surface area contributed by atoms with Crippen molar-refractivity contribution < 1.29 is 36.7 Å². The highest BCUT2D eigenvalue weighted by Crippen LogP contribution is 2.46. The molecule has 1 aliphatic heterocycles. The largest absolute Gasteiger partial charge is 0.497 e. The Labute approximate surface area is 555 Å². The summed E-state index contributed by atoms with van der Waals surface area (Å²) in [5, 5.41) is 0.131. The number of ether oxygens (including phenoxy) is 4. The summed E-state index contributed by atoms with van der Waals surface area (Å²) >= 11 is 0. The topological polar surface area (TPSA) is 73.8 Å². The van der Waals surface area contributed by atoms with E-state index < -0.39 is 45.2 Å². The molecule has 1 heterocycles. The number of benzene rings is 4. The van der Waals surface area contributed by atoms with Crippen LogP contribution in [-0.4, -0.2) is 84.1 Å². The normalized spacial score (nSPS) is 20.3. The summed E-state index contributed by atoms with van der Waals surface area (Å²) in [6.45, 7) is 62.8. The summed E-state index contributed by atoms with van der Waals surface area (Å²) in [5.41, 5.74) is 3.47. The Kier molecular flexibility index (Phi) is 27.5. The van der Waals surface area contributed by atoms with E-state index in [9.17, 15) is 0 Å². The van der Waals surface area contributed by atoms with Gasteiger partial charge in [0.2, 0.25) is 0 Å². The van der Waals surface area contributed by atoms with Gasteiger partial charge in [0.1, 0.15) is 11.4 Å². The molecule has 0 radical (unpaired) electrons. The first-order valence-electron chi connectivity index (χ1n) is 34.3. The first-order valence-corrected chi connectivity index (χ1v) is 46.0. The maximum Gasteiger partial charge on any atom is 0.192 e. The Morgan fingerprint density at radius 1 is 0.511 bits per heavy atom. The molecule has 0 saturated carbocycles. The van der Waals surface area contributed by atoms with E-state index >= 15 is 0 Å². The van der Waals surface area contributed by atoms with E-state index in [1.807, 2.05) is 12.1 Å². The van der Waals surface area contributed by atoms with Gasteiger partial charge < -0.3 is 36.7 Å². The Hall–Kier alpha value is -3.25. The van der Waals surface area contributed by atoms with Gasteiger partial charge in [-0.2, -0.15) is 0 Å². The zero-order chi connectivity index (χ0) is 67.5. The predicted molar refractivity (Wildman–Crippen MR) is 392 cm³/mol. The molecule has 0 amide bonds. The average molecular weight is 1310 g/mol. The molecule has 0 aliphatic carbocycles. The maximum atomic E-state index is 7.68. The van der Waals surface area contributed by atoms with Crippen molar-refractivity contribution in [1.29, 1.82) is 0 Å². The second-order valence-electron chi connectivity index (χ2n) is 33.2. The molecular weight excluding hydrogens is 1180 g/mol. The first kappa shape index (κ1) is 77.5. The quantitative estimate of drug-likeness (QED) is 0.0280. The molecule has 504 valence electrons. The second-order valence-corrected chi connectivity index (χ2v) is 52.2. The molecule has 0 spiro atoms. The van der Waals surface area contributed by atoms with Gasteiger partial charge in [0, 0.05) is 23.8 Å². The van der Waals surface area contributed by atoms with Crippen LogP contribution in [-0.2, 0) is 37.5 Å². The summed E-state index contributed by atoms with van der Waals surface area (Å²) in [4.78, 5) is 0.